The van der Waals surface area contributed by atoms with Crippen LogP contribution >= 0.6 is 0 Å². The molecule has 0 aliphatic heterocycles. The number of carbonyl (C=O) groups excluding carboxylic acids is 1. The molecule has 4 heteroatoms. The molecule has 1 saturated carbocycles. The van der Waals surface area contributed by atoms with Gasteiger partial charge < -0.3 is 15.2 Å². The number of benzene rings is 1. The fourth-order valence-electron chi connectivity index (χ4n) is 3.06. The van der Waals surface area contributed by atoms with Crippen molar-refractivity contribution in [1.29, 1.82) is 0 Å². The van der Waals surface area contributed by atoms with Crippen LogP contribution < -0.4 is 5.32 Å². The molecule has 3 atom stereocenters. The Kier molecular flexibility index (Phi) is 5.82. The Labute approximate surface area is 139 Å². The van der Waals surface area contributed by atoms with E-state index in [0.717, 1.165) is 12.0 Å². The fraction of sp³-hybridized carbons (Fsp3) is 0.632. The lowest BCUT2D eigenvalue weighted by Gasteiger charge is -2.31. The lowest BCUT2D eigenvalue weighted by molar-refractivity contribution is -0.130. The van der Waals surface area contributed by atoms with Crippen molar-refractivity contribution in [2.75, 3.05) is 7.11 Å². The minimum atomic E-state index is -0.450. The molecule has 23 heavy (non-hydrogen) atoms. The first-order chi connectivity index (χ1) is 10.8. The second-order valence-corrected chi connectivity index (χ2v) is 7.52. The van der Waals surface area contributed by atoms with Crippen molar-refractivity contribution < 1.29 is 14.6 Å². The van der Waals surface area contributed by atoms with E-state index in [4.69, 9.17) is 4.74 Å². The topological polar surface area (TPSA) is 58.6 Å². The van der Waals surface area contributed by atoms with Crippen LogP contribution in [-0.4, -0.2) is 30.3 Å². The predicted molar refractivity (Wildman–Crippen MR) is 91.1 cm³/mol. The summed E-state index contributed by atoms with van der Waals surface area (Å²) in [6.07, 6.45) is 1.25. The zero-order valence-electron chi connectivity index (χ0n) is 14.6. The summed E-state index contributed by atoms with van der Waals surface area (Å²) in [4.78, 5) is 12.3. The quantitative estimate of drug-likeness (QED) is 0.897. The zero-order chi connectivity index (χ0) is 17.0. The minimum Gasteiger partial charge on any atom is -0.390 e. The molecule has 2 rings (SSSR count). The van der Waals surface area contributed by atoms with Gasteiger partial charge in [0.15, 0.2) is 0 Å². The van der Waals surface area contributed by atoms with Crippen molar-refractivity contribution in [3.8, 4) is 0 Å². The summed E-state index contributed by atoms with van der Waals surface area (Å²) in [6, 6.07) is 8.39. The van der Waals surface area contributed by atoms with Gasteiger partial charge in [-0.3, -0.25) is 4.79 Å². The number of aliphatic hydroxyl groups is 1. The molecule has 1 aliphatic rings. The van der Waals surface area contributed by atoms with Crippen molar-refractivity contribution in [3.05, 3.63) is 35.4 Å². The van der Waals surface area contributed by atoms with Crippen molar-refractivity contribution in [2.45, 2.75) is 64.2 Å². The third kappa shape index (κ3) is 4.79. The largest absolute Gasteiger partial charge is 0.390 e. The maximum atomic E-state index is 12.3. The van der Waals surface area contributed by atoms with Crippen LogP contribution in [0.5, 0.6) is 0 Å². The number of methoxy groups -OCH3 is 1. The lowest BCUT2D eigenvalue weighted by atomic mass is 9.84. The van der Waals surface area contributed by atoms with E-state index < -0.39 is 6.10 Å². The number of amides is 1. The summed E-state index contributed by atoms with van der Waals surface area (Å²) in [6.45, 7) is 7.11. The first-order valence-electron chi connectivity index (χ1n) is 8.39. The van der Waals surface area contributed by atoms with E-state index in [2.05, 4.69) is 50.4 Å². The first kappa shape index (κ1) is 18.0. The monoisotopic (exact) mass is 319 g/mol. The molecule has 1 aliphatic carbocycles. The van der Waals surface area contributed by atoms with Crippen LogP contribution in [-0.2, 0) is 21.5 Å². The van der Waals surface area contributed by atoms with Gasteiger partial charge in [0.1, 0.15) is 0 Å². The van der Waals surface area contributed by atoms with Gasteiger partial charge in [0.25, 0.3) is 0 Å². The highest BCUT2D eigenvalue weighted by Crippen LogP contribution is 2.27. The van der Waals surface area contributed by atoms with Gasteiger partial charge in [-0.15, -0.1) is 0 Å². The van der Waals surface area contributed by atoms with Crippen molar-refractivity contribution in [1.82, 2.24) is 5.32 Å². The SMILES string of the molecule is CO[C@@H]1C[C@H](C(=O)NCc2ccc(C(C)(C)C)cc2)CC[C@@H]1O. The zero-order valence-corrected chi connectivity index (χ0v) is 14.6. The third-order valence-corrected chi connectivity index (χ3v) is 4.72. The molecule has 0 unspecified atom stereocenters. The van der Waals surface area contributed by atoms with Gasteiger partial charge in [-0.2, -0.15) is 0 Å². The Morgan fingerprint density at radius 2 is 1.91 bits per heavy atom. The van der Waals surface area contributed by atoms with Crippen LogP contribution in [0.25, 0.3) is 0 Å². The Hall–Kier alpha value is -1.39. The molecule has 2 N–H and O–H groups in total. The number of hydrogen-bond acceptors (Lipinski definition) is 3. The molecule has 1 amide bonds. The Bertz CT molecular complexity index is 518. The first-order valence-corrected chi connectivity index (χ1v) is 8.39. The molecular weight excluding hydrogens is 290 g/mol. The molecular formula is C19H29NO3. The normalized spacial score (nSPS) is 25.2. The van der Waals surface area contributed by atoms with Crippen LogP contribution in [0.2, 0.25) is 0 Å². The summed E-state index contributed by atoms with van der Waals surface area (Å²) in [5.41, 5.74) is 2.53. The molecule has 0 saturated heterocycles. The van der Waals surface area contributed by atoms with Gasteiger partial charge in [-0.1, -0.05) is 45.0 Å². The smallest absolute Gasteiger partial charge is 0.223 e. The number of ether oxygens (including phenoxy) is 1. The summed E-state index contributed by atoms with van der Waals surface area (Å²) >= 11 is 0. The van der Waals surface area contributed by atoms with Gasteiger partial charge in [-0.05, 0) is 35.8 Å². The average molecular weight is 319 g/mol. The van der Waals surface area contributed by atoms with E-state index in [9.17, 15) is 9.90 Å². The van der Waals surface area contributed by atoms with Gasteiger partial charge in [-0.25, -0.2) is 0 Å². The third-order valence-electron chi connectivity index (χ3n) is 4.72. The number of rotatable bonds is 4. The second kappa shape index (κ2) is 7.45. The maximum absolute atomic E-state index is 12.3. The molecule has 1 aromatic rings. The highest BCUT2D eigenvalue weighted by Gasteiger charge is 2.32. The lowest BCUT2D eigenvalue weighted by Crippen LogP contribution is -2.41. The standard InChI is InChI=1S/C19H29NO3/c1-19(2,3)15-8-5-13(6-9-15)12-20-18(22)14-7-10-16(21)17(11-14)23-4/h5-6,8-9,14,16-17,21H,7,10-12H2,1-4H3,(H,20,22)/t14-,16+,17-/m1/s1. The van der Waals surface area contributed by atoms with Gasteiger partial charge in [0.05, 0.1) is 12.2 Å². The second-order valence-electron chi connectivity index (χ2n) is 7.52. The predicted octanol–water partition coefficient (Wildman–Crippen LogP) is 2.78. The molecule has 1 fully saturated rings. The summed E-state index contributed by atoms with van der Waals surface area (Å²) in [7, 11) is 1.59. The van der Waals surface area contributed by atoms with Crippen molar-refractivity contribution in [3.63, 3.8) is 0 Å². The van der Waals surface area contributed by atoms with Crippen molar-refractivity contribution >= 4 is 5.91 Å². The van der Waals surface area contributed by atoms with Gasteiger partial charge in [0, 0.05) is 19.6 Å². The Balaban J connectivity index is 1.87. The molecule has 128 valence electrons. The highest BCUT2D eigenvalue weighted by molar-refractivity contribution is 5.78. The minimum absolute atomic E-state index is 0.0545. The van der Waals surface area contributed by atoms with Crippen molar-refractivity contribution in [2.24, 2.45) is 5.92 Å². The number of carbonyl (C=O) groups is 1. The van der Waals surface area contributed by atoms with E-state index in [1.807, 2.05) is 0 Å². The van der Waals surface area contributed by atoms with Crippen LogP contribution in [0.3, 0.4) is 0 Å². The van der Waals surface area contributed by atoms with Crippen LogP contribution in [0, 0.1) is 5.92 Å². The van der Waals surface area contributed by atoms with E-state index in [1.165, 1.54) is 5.56 Å². The number of hydrogen-bond donors (Lipinski definition) is 2. The number of aliphatic hydroxyl groups excluding tert-OH is 1. The molecule has 0 spiro atoms. The highest BCUT2D eigenvalue weighted by atomic mass is 16.5. The average Bonchev–Trinajstić information content (AvgIpc) is 2.52. The van der Waals surface area contributed by atoms with Crippen LogP contribution in [0.1, 0.15) is 51.2 Å². The molecule has 1 aromatic carbocycles. The molecule has 4 nitrogen and oxygen atoms in total. The molecule has 0 heterocycles. The summed E-state index contributed by atoms with van der Waals surface area (Å²) in [5, 5.41) is 12.8. The van der Waals surface area contributed by atoms with Gasteiger partial charge >= 0.3 is 0 Å². The maximum Gasteiger partial charge on any atom is 0.223 e. The molecule has 0 radical (unpaired) electrons. The molecule has 0 aromatic heterocycles. The van der Waals surface area contributed by atoms with E-state index >= 15 is 0 Å². The van der Waals surface area contributed by atoms with E-state index in [1.54, 1.807) is 7.11 Å². The fourth-order valence-corrected chi connectivity index (χ4v) is 3.06. The van der Waals surface area contributed by atoms with Crippen LogP contribution in [0.4, 0.5) is 0 Å². The van der Waals surface area contributed by atoms with E-state index in [-0.39, 0.29) is 23.3 Å². The van der Waals surface area contributed by atoms with Crippen LogP contribution in [0.15, 0.2) is 24.3 Å². The summed E-state index contributed by atoms with van der Waals surface area (Å²) < 4.78 is 5.26. The number of nitrogens with one attached hydrogen (secondary N) is 1. The molecule has 0 bridgehead atoms. The summed E-state index contributed by atoms with van der Waals surface area (Å²) in [5.74, 6) is -0.0175. The van der Waals surface area contributed by atoms with E-state index in [0.29, 0.717) is 19.4 Å². The Morgan fingerprint density at radius 1 is 1.26 bits per heavy atom. The van der Waals surface area contributed by atoms with Gasteiger partial charge in [0.2, 0.25) is 5.91 Å². The Morgan fingerprint density at radius 3 is 2.48 bits per heavy atom.